The maximum Gasteiger partial charge on any atom is 0.299 e. The van der Waals surface area contributed by atoms with Crippen LogP contribution in [-0.4, -0.2) is 30.3 Å². The largest absolute Gasteiger partial charge is 0.497 e. The van der Waals surface area contributed by atoms with Crippen LogP contribution in [0.15, 0.2) is 33.2 Å². The highest BCUT2D eigenvalue weighted by molar-refractivity contribution is 6.74. The van der Waals surface area contributed by atoms with Crippen LogP contribution in [0.2, 0.25) is 0 Å². The van der Waals surface area contributed by atoms with E-state index in [9.17, 15) is 4.79 Å². The zero-order chi connectivity index (χ0) is 12.0. The summed E-state index contributed by atoms with van der Waals surface area (Å²) in [5.74, 6) is 0.845. The molecule has 2 aliphatic rings. The van der Waals surface area contributed by atoms with Crippen LogP contribution < -0.4 is 4.74 Å². The normalized spacial score (nSPS) is 16.8. The van der Waals surface area contributed by atoms with E-state index in [1.807, 2.05) is 12.1 Å². The minimum absolute atomic E-state index is 0.318. The number of hydrogen-bond donors (Lipinski definition) is 0. The molecule has 5 heteroatoms. The Morgan fingerprint density at radius 3 is 2.71 bits per heavy atom. The molecule has 2 aliphatic heterocycles. The molecule has 1 aromatic carbocycles. The van der Waals surface area contributed by atoms with Gasteiger partial charge in [0.05, 0.1) is 12.8 Å². The lowest BCUT2D eigenvalue weighted by Crippen LogP contribution is -2.25. The minimum Gasteiger partial charge on any atom is -0.497 e. The van der Waals surface area contributed by atoms with E-state index in [-0.39, 0.29) is 5.91 Å². The molecular weight excluding hydrogens is 218 g/mol. The predicted molar refractivity (Wildman–Crippen MR) is 64.7 cm³/mol. The molecular formula is C12H9N3O2. The summed E-state index contributed by atoms with van der Waals surface area (Å²) in [5.41, 5.74) is 2.47. The molecule has 0 bridgehead atoms. The highest BCUT2D eigenvalue weighted by Crippen LogP contribution is 2.31. The molecule has 0 unspecified atom stereocenters. The fourth-order valence-corrected chi connectivity index (χ4v) is 1.88. The number of carbonyl (C=O) groups is 1. The van der Waals surface area contributed by atoms with Gasteiger partial charge in [-0.1, -0.05) is 0 Å². The van der Waals surface area contributed by atoms with Gasteiger partial charge in [-0.15, -0.1) is 0 Å². The number of rotatable bonds is 1. The average molecular weight is 227 g/mol. The van der Waals surface area contributed by atoms with Crippen molar-refractivity contribution in [3.05, 3.63) is 23.8 Å². The second kappa shape index (κ2) is 3.35. The Hall–Kier alpha value is -2.30. The maximum atomic E-state index is 11.7. The zero-order valence-corrected chi connectivity index (χ0v) is 9.39. The lowest BCUT2D eigenvalue weighted by Gasteiger charge is -2.07. The van der Waals surface area contributed by atoms with Gasteiger partial charge in [-0.2, -0.15) is 4.99 Å². The van der Waals surface area contributed by atoms with Crippen LogP contribution in [0, 0.1) is 0 Å². The topological polar surface area (TPSA) is 63.4 Å². The van der Waals surface area contributed by atoms with E-state index in [1.54, 1.807) is 20.1 Å². The highest BCUT2D eigenvalue weighted by atomic mass is 16.5. The quantitative estimate of drug-likeness (QED) is 0.730. The molecule has 0 radical (unpaired) electrons. The zero-order valence-electron chi connectivity index (χ0n) is 9.39. The molecule has 1 aromatic rings. The molecule has 17 heavy (non-hydrogen) atoms. The molecule has 84 valence electrons. The fraction of sp³-hybridized carbons (Fsp3) is 0.167. The Labute approximate surface area is 97.6 Å². The fourth-order valence-electron chi connectivity index (χ4n) is 1.88. The number of ether oxygens (including phenoxy) is 1. The van der Waals surface area contributed by atoms with E-state index in [0.29, 0.717) is 17.3 Å². The van der Waals surface area contributed by atoms with Gasteiger partial charge in [0.1, 0.15) is 17.3 Å². The van der Waals surface area contributed by atoms with Gasteiger partial charge in [0, 0.05) is 5.56 Å². The summed E-state index contributed by atoms with van der Waals surface area (Å²) < 4.78 is 5.15. The number of amides is 1. The molecule has 0 aromatic heterocycles. The summed E-state index contributed by atoms with van der Waals surface area (Å²) in [6, 6.07) is 5.44. The molecule has 0 fully saturated rings. The third-order valence-corrected chi connectivity index (χ3v) is 2.65. The number of aliphatic imine (C=N–C) groups is 3. The summed E-state index contributed by atoms with van der Waals surface area (Å²) in [6.07, 6.45) is 0. The number of carbonyl (C=O) groups excluding carboxylic acids is 1. The molecule has 0 spiro atoms. The molecule has 0 N–H and O–H groups in total. The van der Waals surface area contributed by atoms with Crippen LogP contribution in [0.1, 0.15) is 12.5 Å². The van der Waals surface area contributed by atoms with Crippen LogP contribution in [0.3, 0.4) is 0 Å². The van der Waals surface area contributed by atoms with Crippen molar-refractivity contribution in [3.8, 4) is 5.75 Å². The summed E-state index contributed by atoms with van der Waals surface area (Å²) >= 11 is 0. The number of amidine groups is 1. The molecule has 5 nitrogen and oxygen atoms in total. The number of benzene rings is 1. The third kappa shape index (κ3) is 1.39. The Bertz CT molecular complexity index is 627. The van der Waals surface area contributed by atoms with Crippen molar-refractivity contribution >= 4 is 28.9 Å². The molecule has 2 heterocycles. The van der Waals surface area contributed by atoms with E-state index >= 15 is 0 Å². The molecule has 0 saturated heterocycles. The Kier molecular flexibility index (Phi) is 1.95. The van der Waals surface area contributed by atoms with Gasteiger partial charge in [0.15, 0.2) is 5.71 Å². The third-order valence-electron chi connectivity index (χ3n) is 2.65. The SMILES string of the molecule is COc1ccc2c(c1)C1=NC(C)=NC(=O)C1=N2. The van der Waals surface area contributed by atoms with Gasteiger partial charge < -0.3 is 4.74 Å². The van der Waals surface area contributed by atoms with Crippen molar-refractivity contribution in [1.29, 1.82) is 0 Å². The van der Waals surface area contributed by atoms with Crippen molar-refractivity contribution < 1.29 is 9.53 Å². The second-order valence-corrected chi connectivity index (χ2v) is 3.77. The maximum absolute atomic E-state index is 11.7. The summed E-state index contributed by atoms with van der Waals surface area (Å²) in [4.78, 5) is 24.0. The van der Waals surface area contributed by atoms with E-state index < -0.39 is 0 Å². The number of fused-ring (bicyclic) bond motifs is 3. The van der Waals surface area contributed by atoms with E-state index in [0.717, 1.165) is 17.0 Å². The first-order chi connectivity index (χ1) is 8.19. The van der Waals surface area contributed by atoms with Crippen molar-refractivity contribution in [3.63, 3.8) is 0 Å². The lowest BCUT2D eigenvalue weighted by molar-refractivity contribution is -0.111. The van der Waals surface area contributed by atoms with E-state index in [2.05, 4.69) is 15.0 Å². The molecule has 0 atom stereocenters. The van der Waals surface area contributed by atoms with E-state index in [1.165, 1.54) is 0 Å². The summed E-state index contributed by atoms with van der Waals surface area (Å²) in [5, 5.41) is 0. The van der Waals surface area contributed by atoms with Crippen LogP contribution in [0.4, 0.5) is 5.69 Å². The van der Waals surface area contributed by atoms with Crippen molar-refractivity contribution in [1.82, 2.24) is 0 Å². The average Bonchev–Trinajstić information content (AvgIpc) is 2.67. The highest BCUT2D eigenvalue weighted by Gasteiger charge is 2.30. The standard InChI is InChI=1S/C12H9N3O2/c1-6-13-10-8-5-7(17-2)3-4-9(8)15-11(10)12(16)14-6/h3-5H,1-2H3. The first-order valence-corrected chi connectivity index (χ1v) is 5.15. The smallest absolute Gasteiger partial charge is 0.299 e. The molecule has 3 rings (SSSR count). The van der Waals surface area contributed by atoms with Crippen LogP contribution in [-0.2, 0) is 4.79 Å². The number of hydrogen-bond acceptors (Lipinski definition) is 4. The van der Waals surface area contributed by atoms with Crippen molar-refractivity contribution in [2.75, 3.05) is 7.11 Å². The monoisotopic (exact) mass is 227 g/mol. The Morgan fingerprint density at radius 1 is 1.12 bits per heavy atom. The number of nitrogens with zero attached hydrogens (tertiary/aromatic N) is 3. The van der Waals surface area contributed by atoms with Crippen molar-refractivity contribution in [2.45, 2.75) is 6.92 Å². The predicted octanol–water partition coefficient (Wildman–Crippen LogP) is 1.53. The van der Waals surface area contributed by atoms with Crippen LogP contribution >= 0.6 is 0 Å². The molecule has 0 aliphatic carbocycles. The van der Waals surface area contributed by atoms with Gasteiger partial charge in [-0.25, -0.2) is 9.98 Å². The Balaban J connectivity index is 2.20. The second-order valence-electron chi connectivity index (χ2n) is 3.77. The number of methoxy groups -OCH3 is 1. The first kappa shape index (κ1) is 9.89. The van der Waals surface area contributed by atoms with Gasteiger partial charge in [-0.3, -0.25) is 4.79 Å². The minimum atomic E-state index is -0.331. The van der Waals surface area contributed by atoms with Gasteiger partial charge >= 0.3 is 0 Å². The van der Waals surface area contributed by atoms with Crippen molar-refractivity contribution in [2.24, 2.45) is 15.0 Å². The first-order valence-electron chi connectivity index (χ1n) is 5.15. The molecule has 0 saturated carbocycles. The summed E-state index contributed by atoms with van der Waals surface area (Å²) in [6.45, 7) is 1.69. The lowest BCUT2D eigenvalue weighted by atomic mass is 10.1. The van der Waals surface area contributed by atoms with Crippen LogP contribution in [0.25, 0.3) is 0 Å². The van der Waals surface area contributed by atoms with E-state index in [4.69, 9.17) is 4.74 Å². The van der Waals surface area contributed by atoms with Gasteiger partial charge in [0.2, 0.25) is 0 Å². The molecule has 1 amide bonds. The summed E-state index contributed by atoms with van der Waals surface area (Å²) in [7, 11) is 1.60. The van der Waals surface area contributed by atoms with Gasteiger partial charge in [0.25, 0.3) is 5.91 Å². The van der Waals surface area contributed by atoms with Gasteiger partial charge in [-0.05, 0) is 25.1 Å². The Morgan fingerprint density at radius 2 is 1.94 bits per heavy atom. The van der Waals surface area contributed by atoms with Crippen LogP contribution in [0.5, 0.6) is 5.75 Å².